The molecule has 2 heterocycles. The molecule has 0 spiro atoms. The summed E-state index contributed by atoms with van der Waals surface area (Å²) in [6.07, 6.45) is 3.73. The van der Waals surface area contributed by atoms with E-state index in [0.717, 1.165) is 44.5 Å². The summed E-state index contributed by atoms with van der Waals surface area (Å²) in [6.45, 7) is 8.92. The zero-order chi connectivity index (χ0) is 18.7. The lowest BCUT2D eigenvalue weighted by molar-refractivity contribution is -0.140. The third-order valence-corrected chi connectivity index (χ3v) is 5.90. The van der Waals surface area contributed by atoms with Gasteiger partial charge in [-0.2, -0.15) is 0 Å². The first kappa shape index (κ1) is 18.7. The normalized spacial score (nSPS) is 21.6. The number of amides is 2. The number of nitrogens with one attached hydrogen (secondary N) is 1. The Morgan fingerprint density at radius 1 is 1.00 bits per heavy atom. The van der Waals surface area contributed by atoms with Gasteiger partial charge in [-0.15, -0.1) is 0 Å². The van der Waals surface area contributed by atoms with Crippen LogP contribution >= 0.6 is 0 Å². The molecule has 0 bridgehead atoms. The molecule has 0 aliphatic carbocycles. The molecule has 5 heteroatoms. The van der Waals surface area contributed by atoms with Crippen molar-refractivity contribution in [2.75, 3.05) is 31.5 Å². The summed E-state index contributed by atoms with van der Waals surface area (Å²) >= 11 is 0. The molecule has 2 aliphatic heterocycles. The van der Waals surface area contributed by atoms with Gasteiger partial charge in [0.15, 0.2) is 0 Å². The topological polar surface area (TPSA) is 52.7 Å². The molecule has 2 saturated heterocycles. The second-order valence-electron chi connectivity index (χ2n) is 7.85. The van der Waals surface area contributed by atoms with Crippen molar-refractivity contribution in [1.29, 1.82) is 0 Å². The van der Waals surface area contributed by atoms with Crippen molar-refractivity contribution < 1.29 is 9.59 Å². The van der Waals surface area contributed by atoms with Gasteiger partial charge in [0.05, 0.1) is 0 Å². The summed E-state index contributed by atoms with van der Waals surface area (Å²) in [5.74, 6) is 0.470. The predicted octanol–water partition coefficient (Wildman–Crippen LogP) is 2.96. The summed E-state index contributed by atoms with van der Waals surface area (Å²) in [5, 5.41) is 3.61. The number of carbonyl (C=O) groups is 2. The highest BCUT2D eigenvalue weighted by molar-refractivity contribution is 5.80. The minimum Gasteiger partial charge on any atom is -0.381 e. The fourth-order valence-corrected chi connectivity index (χ4v) is 4.06. The van der Waals surface area contributed by atoms with Crippen molar-refractivity contribution in [2.24, 2.45) is 5.92 Å². The van der Waals surface area contributed by atoms with Gasteiger partial charge in [-0.25, -0.2) is 0 Å². The molecule has 0 aromatic heterocycles. The van der Waals surface area contributed by atoms with Crippen LogP contribution < -0.4 is 5.32 Å². The number of anilines is 1. The van der Waals surface area contributed by atoms with E-state index in [2.05, 4.69) is 37.4 Å². The van der Waals surface area contributed by atoms with E-state index in [1.807, 2.05) is 9.80 Å². The van der Waals surface area contributed by atoms with Crippen LogP contribution in [0, 0.1) is 19.8 Å². The molecule has 1 N–H and O–H groups in total. The van der Waals surface area contributed by atoms with Crippen molar-refractivity contribution in [3.8, 4) is 0 Å². The number of carbonyl (C=O) groups excluding carboxylic acids is 2. The summed E-state index contributed by atoms with van der Waals surface area (Å²) in [6, 6.07) is 6.77. The predicted molar refractivity (Wildman–Crippen MR) is 104 cm³/mol. The smallest absolute Gasteiger partial charge is 0.225 e. The zero-order valence-electron chi connectivity index (χ0n) is 16.3. The van der Waals surface area contributed by atoms with Crippen LogP contribution in [0.5, 0.6) is 0 Å². The highest BCUT2D eigenvalue weighted by Crippen LogP contribution is 2.24. The van der Waals surface area contributed by atoms with Crippen LogP contribution in [0.4, 0.5) is 5.69 Å². The number of likely N-dealkylation sites (tertiary alicyclic amines) is 2. The molecule has 5 nitrogen and oxygen atoms in total. The molecule has 1 atom stereocenters. The number of benzene rings is 1. The van der Waals surface area contributed by atoms with Gasteiger partial charge >= 0.3 is 0 Å². The van der Waals surface area contributed by atoms with E-state index in [9.17, 15) is 9.59 Å². The van der Waals surface area contributed by atoms with Gasteiger partial charge in [-0.1, -0.05) is 6.07 Å². The Morgan fingerprint density at radius 3 is 2.38 bits per heavy atom. The maximum absolute atomic E-state index is 12.9. The summed E-state index contributed by atoms with van der Waals surface area (Å²) < 4.78 is 0. The fourth-order valence-electron chi connectivity index (χ4n) is 4.06. The van der Waals surface area contributed by atoms with Gasteiger partial charge in [0.25, 0.3) is 0 Å². The Labute approximate surface area is 156 Å². The second-order valence-corrected chi connectivity index (χ2v) is 7.85. The summed E-state index contributed by atoms with van der Waals surface area (Å²) in [7, 11) is 0. The van der Waals surface area contributed by atoms with E-state index in [-0.39, 0.29) is 17.7 Å². The summed E-state index contributed by atoms with van der Waals surface area (Å²) in [4.78, 5) is 28.3. The highest BCUT2D eigenvalue weighted by atomic mass is 16.2. The molecule has 2 aliphatic rings. The third kappa shape index (κ3) is 4.37. The van der Waals surface area contributed by atoms with Crippen molar-refractivity contribution in [1.82, 2.24) is 9.80 Å². The Morgan fingerprint density at radius 2 is 1.73 bits per heavy atom. The van der Waals surface area contributed by atoms with Gasteiger partial charge in [-0.3, -0.25) is 9.59 Å². The molecular formula is C21H31N3O2. The van der Waals surface area contributed by atoms with Crippen LogP contribution in [-0.4, -0.2) is 53.8 Å². The average molecular weight is 357 g/mol. The number of piperidine rings is 2. The first-order chi connectivity index (χ1) is 12.4. The van der Waals surface area contributed by atoms with Crippen molar-refractivity contribution in [2.45, 2.75) is 52.5 Å². The molecule has 142 valence electrons. The minimum atomic E-state index is 0.0750. The van der Waals surface area contributed by atoms with Gasteiger partial charge in [-0.05, 0) is 62.8 Å². The Kier molecular flexibility index (Phi) is 5.84. The second kappa shape index (κ2) is 8.11. The highest BCUT2D eigenvalue weighted by Gasteiger charge is 2.31. The number of aryl methyl sites for hydroxylation is 2. The molecule has 0 unspecified atom stereocenters. The lowest BCUT2D eigenvalue weighted by atomic mass is 9.93. The van der Waals surface area contributed by atoms with Crippen LogP contribution in [0.2, 0.25) is 0 Å². The van der Waals surface area contributed by atoms with Crippen LogP contribution in [-0.2, 0) is 9.59 Å². The lowest BCUT2D eigenvalue weighted by Gasteiger charge is -2.38. The van der Waals surface area contributed by atoms with Crippen molar-refractivity contribution in [3.05, 3.63) is 29.3 Å². The number of hydrogen-bond acceptors (Lipinski definition) is 3. The first-order valence-electron chi connectivity index (χ1n) is 9.82. The summed E-state index contributed by atoms with van der Waals surface area (Å²) in [5.41, 5.74) is 3.73. The van der Waals surface area contributed by atoms with Crippen molar-refractivity contribution in [3.63, 3.8) is 0 Å². The first-order valence-corrected chi connectivity index (χ1v) is 9.82. The fraction of sp³-hybridized carbons (Fsp3) is 0.619. The molecule has 2 fully saturated rings. The van der Waals surface area contributed by atoms with Gasteiger partial charge in [0.2, 0.25) is 11.8 Å². The SMILES string of the molecule is CC(=O)N1CCC(C(=O)N2CCC[C@@H](Nc3ccc(C)c(C)c3)C2)CC1. The largest absolute Gasteiger partial charge is 0.381 e. The van der Waals surface area contributed by atoms with E-state index < -0.39 is 0 Å². The molecule has 1 aromatic carbocycles. The van der Waals surface area contributed by atoms with E-state index in [0.29, 0.717) is 19.1 Å². The molecule has 0 radical (unpaired) electrons. The van der Waals surface area contributed by atoms with Gasteiger partial charge < -0.3 is 15.1 Å². The van der Waals surface area contributed by atoms with Gasteiger partial charge in [0.1, 0.15) is 0 Å². The maximum Gasteiger partial charge on any atom is 0.225 e. The Hall–Kier alpha value is -2.04. The number of hydrogen-bond donors (Lipinski definition) is 1. The van der Waals surface area contributed by atoms with E-state index in [1.54, 1.807) is 6.92 Å². The lowest BCUT2D eigenvalue weighted by Crippen LogP contribution is -2.49. The van der Waals surface area contributed by atoms with Crippen LogP contribution in [0.3, 0.4) is 0 Å². The standard InChI is InChI=1S/C21H31N3O2/c1-15-6-7-19(13-16(15)2)22-20-5-4-10-24(14-20)21(26)18-8-11-23(12-9-18)17(3)25/h6-7,13,18,20,22H,4-5,8-12,14H2,1-3H3/t20-/m1/s1. The molecule has 2 amide bonds. The van der Waals surface area contributed by atoms with E-state index in [1.165, 1.54) is 11.1 Å². The molecule has 3 rings (SSSR count). The number of nitrogens with zero attached hydrogens (tertiary/aromatic N) is 2. The molecular weight excluding hydrogens is 326 g/mol. The Balaban J connectivity index is 1.55. The monoisotopic (exact) mass is 357 g/mol. The third-order valence-electron chi connectivity index (χ3n) is 5.90. The van der Waals surface area contributed by atoms with E-state index in [4.69, 9.17) is 0 Å². The van der Waals surface area contributed by atoms with Crippen LogP contribution in [0.25, 0.3) is 0 Å². The average Bonchev–Trinajstić information content (AvgIpc) is 2.64. The van der Waals surface area contributed by atoms with Crippen LogP contribution in [0.1, 0.15) is 43.7 Å². The Bertz CT molecular complexity index is 665. The zero-order valence-corrected chi connectivity index (χ0v) is 16.3. The molecule has 0 saturated carbocycles. The van der Waals surface area contributed by atoms with Crippen molar-refractivity contribution >= 4 is 17.5 Å². The number of rotatable bonds is 3. The molecule has 26 heavy (non-hydrogen) atoms. The molecule has 1 aromatic rings. The van der Waals surface area contributed by atoms with E-state index >= 15 is 0 Å². The minimum absolute atomic E-state index is 0.0750. The maximum atomic E-state index is 12.9. The van der Waals surface area contributed by atoms with Crippen LogP contribution in [0.15, 0.2) is 18.2 Å². The van der Waals surface area contributed by atoms with Gasteiger partial charge in [0, 0.05) is 50.7 Å². The quantitative estimate of drug-likeness (QED) is 0.905.